The molecule has 17 heavy (non-hydrogen) atoms. The fraction of sp³-hybridized carbons (Fsp3) is 0.133. The van der Waals surface area contributed by atoms with E-state index in [0.717, 1.165) is 17.5 Å². The van der Waals surface area contributed by atoms with Gasteiger partial charge in [-0.15, -0.1) is 0 Å². The van der Waals surface area contributed by atoms with Crippen LogP contribution < -0.4 is 0 Å². The number of nitriles is 1. The molecular weight excluding hydrogens is 230 g/mol. The maximum absolute atomic E-state index is 8.80. The Morgan fingerprint density at radius 1 is 1.18 bits per heavy atom. The summed E-state index contributed by atoms with van der Waals surface area (Å²) < 4.78 is 0. The van der Waals surface area contributed by atoms with E-state index in [1.165, 1.54) is 5.56 Å². The van der Waals surface area contributed by atoms with Crippen molar-refractivity contribution >= 4 is 11.6 Å². The third-order valence-electron chi connectivity index (χ3n) is 2.74. The van der Waals surface area contributed by atoms with Crippen LogP contribution in [0.5, 0.6) is 0 Å². The van der Waals surface area contributed by atoms with E-state index < -0.39 is 0 Å². The normalized spacial score (nSPS) is 9.94. The summed E-state index contributed by atoms with van der Waals surface area (Å²) in [4.78, 5) is 0. The van der Waals surface area contributed by atoms with Crippen LogP contribution in [-0.4, -0.2) is 0 Å². The Bertz CT molecular complexity index is 582. The van der Waals surface area contributed by atoms with Gasteiger partial charge in [-0.25, -0.2) is 0 Å². The highest BCUT2D eigenvalue weighted by Gasteiger charge is 2.04. The van der Waals surface area contributed by atoms with Gasteiger partial charge in [0.15, 0.2) is 0 Å². The van der Waals surface area contributed by atoms with Gasteiger partial charge in [0.05, 0.1) is 11.6 Å². The van der Waals surface area contributed by atoms with Crippen molar-refractivity contribution in [3.8, 4) is 17.2 Å². The van der Waals surface area contributed by atoms with Crippen LogP contribution in [-0.2, 0) is 6.42 Å². The number of hydrogen-bond acceptors (Lipinski definition) is 1. The molecule has 0 spiro atoms. The number of halogens is 1. The summed E-state index contributed by atoms with van der Waals surface area (Å²) in [6, 6.07) is 15.8. The van der Waals surface area contributed by atoms with Crippen molar-refractivity contribution in [3.05, 3.63) is 58.6 Å². The molecule has 0 unspecified atom stereocenters. The maximum atomic E-state index is 8.80. The van der Waals surface area contributed by atoms with Gasteiger partial charge in [-0.2, -0.15) is 5.26 Å². The molecule has 2 heteroatoms. The molecule has 0 aliphatic rings. The summed E-state index contributed by atoms with van der Waals surface area (Å²) >= 11 is 6.19. The van der Waals surface area contributed by atoms with Crippen molar-refractivity contribution in [2.24, 2.45) is 0 Å². The van der Waals surface area contributed by atoms with Crippen LogP contribution in [0.3, 0.4) is 0 Å². The predicted octanol–water partition coefficient (Wildman–Crippen LogP) is 4.44. The Morgan fingerprint density at radius 3 is 2.65 bits per heavy atom. The molecular formula is C15H12ClN. The standard InChI is InChI=1S/C15H12ClN/c1-2-11-4-3-5-13(8-11)14-7-6-12(10-17)9-15(14)16/h3-9H,2H2,1H3. The molecule has 0 aliphatic carbocycles. The second-order valence-electron chi connectivity index (χ2n) is 3.86. The molecule has 0 aliphatic heterocycles. The predicted molar refractivity (Wildman–Crippen MR) is 71.0 cm³/mol. The molecule has 0 bridgehead atoms. The zero-order valence-electron chi connectivity index (χ0n) is 9.57. The van der Waals surface area contributed by atoms with Crippen LogP contribution in [0.1, 0.15) is 18.1 Å². The SMILES string of the molecule is CCc1cccc(-c2ccc(C#N)cc2Cl)c1. The second-order valence-corrected chi connectivity index (χ2v) is 4.27. The van der Waals surface area contributed by atoms with Crippen molar-refractivity contribution in [1.82, 2.24) is 0 Å². The summed E-state index contributed by atoms with van der Waals surface area (Å²) in [5.74, 6) is 0. The molecule has 0 saturated heterocycles. The quantitative estimate of drug-likeness (QED) is 0.763. The summed E-state index contributed by atoms with van der Waals surface area (Å²) in [5.41, 5.74) is 3.94. The van der Waals surface area contributed by atoms with Crippen molar-refractivity contribution < 1.29 is 0 Å². The summed E-state index contributed by atoms with van der Waals surface area (Å²) in [7, 11) is 0. The number of benzene rings is 2. The van der Waals surface area contributed by atoms with E-state index in [2.05, 4.69) is 25.1 Å². The zero-order valence-corrected chi connectivity index (χ0v) is 10.3. The van der Waals surface area contributed by atoms with Gasteiger partial charge in [0.1, 0.15) is 0 Å². The van der Waals surface area contributed by atoms with Crippen molar-refractivity contribution in [1.29, 1.82) is 5.26 Å². The summed E-state index contributed by atoms with van der Waals surface area (Å²) in [5, 5.41) is 9.42. The molecule has 2 aromatic rings. The van der Waals surface area contributed by atoms with Crippen LogP contribution in [0, 0.1) is 11.3 Å². The third-order valence-corrected chi connectivity index (χ3v) is 3.06. The Kier molecular flexibility index (Phi) is 3.46. The largest absolute Gasteiger partial charge is 0.192 e. The van der Waals surface area contributed by atoms with E-state index in [9.17, 15) is 0 Å². The molecule has 0 atom stereocenters. The molecule has 0 N–H and O–H groups in total. The molecule has 0 heterocycles. The monoisotopic (exact) mass is 241 g/mol. The van der Waals surface area contributed by atoms with Crippen LogP contribution in [0.4, 0.5) is 0 Å². The summed E-state index contributed by atoms with van der Waals surface area (Å²) in [6.07, 6.45) is 1.00. The van der Waals surface area contributed by atoms with Crippen LogP contribution in [0.15, 0.2) is 42.5 Å². The topological polar surface area (TPSA) is 23.8 Å². The molecule has 84 valence electrons. The van der Waals surface area contributed by atoms with Crippen LogP contribution in [0.25, 0.3) is 11.1 Å². The fourth-order valence-electron chi connectivity index (χ4n) is 1.78. The summed E-state index contributed by atoms with van der Waals surface area (Å²) in [6.45, 7) is 2.12. The molecule has 0 fully saturated rings. The van der Waals surface area contributed by atoms with E-state index in [-0.39, 0.29) is 0 Å². The molecule has 2 aromatic carbocycles. The van der Waals surface area contributed by atoms with Gasteiger partial charge in [-0.1, -0.05) is 48.9 Å². The lowest BCUT2D eigenvalue weighted by Crippen LogP contribution is -1.85. The van der Waals surface area contributed by atoms with E-state index in [1.54, 1.807) is 12.1 Å². The van der Waals surface area contributed by atoms with E-state index in [4.69, 9.17) is 16.9 Å². The number of hydrogen-bond donors (Lipinski definition) is 0. The fourth-order valence-corrected chi connectivity index (χ4v) is 2.07. The van der Waals surface area contributed by atoms with Gasteiger partial charge < -0.3 is 0 Å². The number of rotatable bonds is 2. The van der Waals surface area contributed by atoms with Crippen molar-refractivity contribution in [3.63, 3.8) is 0 Å². The van der Waals surface area contributed by atoms with Crippen LogP contribution >= 0.6 is 11.6 Å². The lowest BCUT2D eigenvalue weighted by Gasteiger charge is -2.06. The minimum absolute atomic E-state index is 0.588. The Hall–Kier alpha value is -1.78. The minimum atomic E-state index is 0.588. The van der Waals surface area contributed by atoms with Crippen molar-refractivity contribution in [2.75, 3.05) is 0 Å². The molecule has 0 radical (unpaired) electrons. The van der Waals surface area contributed by atoms with Gasteiger partial charge >= 0.3 is 0 Å². The average molecular weight is 242 g/mol. The number of nitrogens with zero attached hydrogens (tertiary/aromatic N) is 1. The Morgan fingerprint density at radius 2 is 2.00 bits per heavy atom. The van der Waals surface area contributed by atoms with Crippen molar-refractivity contribution in [2.45, 2.75) is 13.3 Å². The first kappa shape index (κ1) is 11.7. The number of aryl methyl sites for hydroxylation is 1. The first-order valence-corrected chi connectivity index (χ1v) is 5.91. The van der Waals surface area contributed by atoms with Gasteiger partial charge in [0.25, 0.3) is 0 Å². The molecule has 0 saturated carbocycles. The highest BCUT2D eigenvalue weighted by molar-refractivity contribution is 6.33. The van der Waals surface area contributed by atoms with E-state index in [0.29, 0.717) is 10.6 Å². The molecule has 0 aromatic heterocycles. The second kappa shape index (κ2) is 5.03. The first-order valence-electron chi connectivity index (χ1n) is 5.53. The molecule has 1 nitrogen and oxygen atoms in total. The van der Waals surface area contributed by atoms with E-state index >= 15 is 0 Å². The highest BCUT2D eigenvalue weighted by Crippen LogP contribution is 2.29. The lowest BCUT2D eigenvalue weighted by molar-refractivity contribution is 1.14. The molecule has 2 rings (SSSR count). The van der Waals surface area contributed by atoms with Gasteiger partial charge in [-0.3, -0.25) is 0 Å². The maximum Gasteiger partial charge on any atom is 0.0992 e. The Balaban J connectivity index is 2.49. The Labute approximate surface area is 106 Å². The van der Waals surface area contributed by atoms with Gasteiger partial charge in [0, 0.05) is 10.6 Å². The molecule has 0 amide bonds. The zero-order chi connectivity index (χ0) is 12.3. The van der Waals surface area contributed by atoms with Crippen LogP contribution in [0.2, 0.25) is 5.02 Å². The van der Waals surface area contributed by atoms with Gasteiger partial charge in [0.2, 0.25) is 0 Å². The lowest BCUT2D eigenvalue weighted by atomic mass is 10.0. The third kappa shape index (κ3) is 2.49. The first-order chi connectivity index (χ1) is 8.24. The highest BCUT2D eigenvalue weighted by atomic mass is 35.5. The average Bonchev–Trinajstić information content (AvgIpc) is 2.38. The minimum Gasteiger partial charge on any atom is -0.192 e. The van der Waals surface area contributed by atoms with Gasteiger partial charge in [-0.05, 0) is 29.7 Å². The van der Waals surface area contributed by atoms with E-state index in [1.807, 2.05) is 18.2 Å². The smallest absolute Gasteiger partial charge is 0.0992 e.